The molecule has 0 fully saturated rings. The Morgan fingerprint density at radius 2 is 1.75 bits per heavy atom. The number of anilines is 1. The van der Waals surface area contributed by atoms with Crippen LogP contribution in [0.5, 0.6) is 0 Å². The molecule has 1 heterocycles. The van der Waals surface area contributed by atoms with E-state index < -0.39 is 0 Å². The van der Waals surface area contributed by atoms with Gasteiger partial charge >= 0.3 is 0 Å². The van der Waals surface area contributed by atoms with Crippen molar-refractivity contribution in [1.82, 2.24) is 4.98 Å². The quantitative estimate of drug-likeness (QED) is 0.677. The van der Waals surface area contributed by atoms with E-state index in [1.807, 2.05) is 56.0 Å². The molecule has 0 aliphatic heterocycles. The highest BCUT2D eigenvalue weighted by Gasteiger charge is 1.97. The van der Waals surface area contributed by atoms with Crippen LogP contribution < -0.4 is 4.90 Å². The van der Waals surface area contributed by atoms with Crippen LogP contribution in [0.2, 0.25) is 0 Å². The highest BCUT2D eigenvalue weighted by molar-refractivity contribution is 7.16. The van der Waals surface area contributed by atoms with Crippen molar-refractivity contribution in [3.63, 3.8) is 0 Å². The zero-order chi connectivity index (χ0) is 14.4. The van der Waals surface area contributed by atoms with Gasteiger partial charge in [-0.2, -0.15) is 0 Å². The Morgan fingerprint density at radius 3 is 2.40 bits per heavy atom. The Balaban J connectivity index is 0.000000149. The molecule has 2 aromatic carbocycles. The average molecular weight is 282 g/mol. The van der Waals surface area contributed by atoms with E-state index in [9.17, 15) is 0 Å². The van der Waals surface area contributed by atoms with E-state index in [-0.39, 0.29) is 0 Å². The van der Waals surface area contributed by atoms with Crippen LogP contribution in [-0.4, -0.2) is 19.1 Å². The molecule has 0 saturated carbocycles. The zero-order valence-electron chi connectivity index (χ0n) is 11.8. The van der Waals surface area contributed by atoms with E-state index in [2.05, 4.69) is 34.7 Å². The number of aromatic nitrogens is 1. The first kappa shape index (κ1) is 14.3. The SMILES string of the molecule is C=Cc1ccccc1N(C)C.c1ccc2scnc2c1. The molecule has 3 rings (SSSR count). The van der Waals surface area contributed by atoms with Gasteiger partial charge in [0, 0.05) is 19.8 Å². The van der Waals surface area contributed by atoms with Gasteiger partial charge in [0.1, 0.15) is 0 Å². The maximum atomic E-state index is 4.14. The monoisotopic (exact) mass is 282 g/mol. The summed E-state index contributed by atoms with van der Waals surface area (Å²) in [5, 5.41) is 0. The first-order valence-corrected chi connectivity index (χ1v) is 7.27. The lowest BCUT2D eigenvalue weighted by Gasteiger charge is -2.14. The minimum atomic E-state index is 1.10. The van der Waals surface area contributed by atoms with Gasteiger partial charge in [-0.15, -0.1) is 11.3 Å². The third-order valence-corrected chi connectivity index (χ3v) is 3.69. The standard InChI is InChI=1S/C10H13N.C7H5NS/c1-4-9-7-5-6-8-10(9)11(2)3;1-2-4-7-6(3-1)8-5-9-7/h4-8H,1H2,2-3H3;1-5H. The van der Waals surface area contributed by atoms with E-state index in [0.717, 1.165) is 5.52 Å². The van der Waals surface area contributed by atoms with Crippen LogP contribution >= 0.6 is 11.3 Å². The lowest BCUT2D eigenvalue weighted by atomic mass is 10.1. The van der Waals surface area contributed by atoms with E-state index >= 15 is 0 Å². The van der Waals surface area contributed by atoms with Crippen LogP contribution in [-0.2, 0) is 0 Å². The molecule has 2 nitrogen and oxygen atoms in total. The summed E-state index contributed by atoms with van der Waals surface area (Å²) in [5.41, 5.74) is 5.35. The Morgan fingerprint density at radius 1 is 1.05 bits per heavy atom. The third-order valence-electron chi connectivity index (χ3n) is 2.88. The normalized spacial score (nSPS) is 9.70. The molecule has 0 aliphatic rings. The lowest BCUT2D eigenvalue weighted by Crippen LogP contribution is -2.09. The summed E-state index contributed by atoms with van der Waals surface area (Å²) in [4.78, 5) is 6.22. The van der Waals surface area contributed by atoms with Crippen molar-refractivity contribution in [2.45, 2.75) is 0 Å². The fourth-order valence-corrected chi connectivity index (χ4v) is 2.55. The minimum Gasteiger partial charge on any atom is -0.377 e. The molecule has 0 bridgehead atoms. The first-order chi connectivity index (χ1) is 9.72. The van der Waals surface area contributed by atoms with E-state index in [1.165, 1.54) is 16.0 Å². The number of fused-ring (bicyclic) bond motifs is 1. The summed E-state index contributed by atoms with van der Waals surface area (Å²) in [6, 6.07) is 16.3. The van der Waals surface area contributed by atoms with Gasteiger partial charge in [-0.05, 0) is 23.8 Å². The van der Waals surface area contributed by atoms with Crippen LogP contribution in [0, 0.1) is 0 Å². The van der Waals surface area contributed by atoms with Crippen LogP contribution in [0.4, 0.5) is 5.69 Å². The fourth-order valence-electron chi connectivity index (χ4n) is 1.87. The van der Waals surface area contributed by atoms with Crippen molar-refractivity contribution in [3.8, 4) is 0 Å². The van der Waals surface area contributed by atoms with Gasteiger partial charge in [0.15, 0.2) is 0 Å². The van der Waals surface area contributed by atoms with E-state index in [1.54, 1.807) is 11.3 Å². The molecule has 0 spiro atoms. The van der Waals surface area contributed by atoms with Crippen LogP contribution in [0.25, 0.3) is 16.3 Å². The highest BCUT2D eigenvalue weighted by atomic mass is 32.1. The molecular formula is C17H18N2S. The number of para-hydroxylation sites is 2. The predicted octanol–water partition coefficient (Wildman–Crippen LogP) is 4.69. The number of rotatable bonds is 2. The van der Waals surface area contributed by atoms with Crippen molar-refractivity contribution in [2.75, 3.05) is 19.0 Å². The van der Waals surface area contributed by atoms with Crippen molar-refractivity contribution >= 4 is 33.3 Å². The smallest absolute Gasteiger partial charge is 0.0812 e. The molecule has 0 N–H and O–H groups in total. The van der Waals surface area contributed by atoms with Crippen LogP contribution in [0.15, 0.2) is 60.6 Å². The van der Waals surface area contributed by atoms with E-state index in [4.69, 9.17) is 0 Å². The molecule has 3 aromatic rings. The number of thiazole rings is 1. The maximum absolute atomic E-state index is 4.14. The fraction of sp³-hybridized carbons (Fsp3) is 0.118. The third kappa shape index (κ3) is 3.45. The Labute approximate surface area is 124 Å². The van der Waals surface area contributed by atoms with Crippen molar-refractivity contribution in [1.29, 1.82) is 0 Å². The van der Waals surface area contributed by atoms with Crippen molar-refractivity contribution < 1.29 is 0 Å². The lowest BCUT2D eigenvalue weighted by molar-refractivity contribution is 1.13. The largest absolute Gasteiger partial charge is 0.377 e. The summed E-state index contributed by atoms with van der Waals surface area (Å²) in [6.45, 7) is 3.75. The average Bonchev–Trinajstić information content (AvgIpc) is 2.96. The summed E-state index contributed by atoms with van der Waals surface area (Å²) in [7, 11) is 4.06. The summed E-state index contributed by atoms with van der Waals surface area (Å²) in [5.74, 6) is 0. The molecule has 102 valence electrons. The molecule has 1 aromatic heterocycles. The van der Waals surface area contributed by atoms with Gasteiger partial charge in [-0.1, -0.05) is 43.0 Å². The molecule has 0 unspecified atom stereocenters. The second-order valence-corrected chi connectivity index (χ2v) is 5.36. The van der Waals surface area contributed by atoms with Gasteiger partial charge in [-0.3, -0.25) is 0 Å². The second kappa shape index (κ2) is 6.87. The van der Waals surface area contributed by atoms with Crippen LogP contribution in [0.3, 0.4) is 0 Å². The molecule has 0 aliphatic carbocycles. The highest BCUT2D eigenvalue weighted by Crippen LogP contribution is 2.18. The topological polar surface area (TPSA) is 16.1 Å². The van der Waals surface area contributed by atoms with Crippen molar-refractivity contribution in [2.24, 2.45) is 0 Å². The molecule has 0 amide bonds. The van der Waals surface area contributed by atoms with Crippen molar-refractivity contribution in [3.05, 3.63) is 66.2 Å². The molecular weight excluding hydrogens is 264 g/mol. The minimum absolute atomic E-state index is 1.10. The number of hydrogen-bond donors (Lipinski definition) is 0. The van der Waals surface area contributed by atoms with Gasteiger partial charge in [0.2, 0.25) is 0 Å². The Hall–Kier alpha value is -2.13. The Kier molecular flexibility index (Phi) is 4.91. The Bertz CT molecular complexity index is 656. The number of hydrogen-bond acceptors (Lipinski definition) is 3. The molecule has 0 saturated heterocycles. The maximum Gasteiger partial charge on any atom is 0.0812 e. The van der Waals surface area contributed by atoms with Gasteiger partial charge in [0.25, 0.3) is 0 Å². The number of benzene rings is 2. The van der Waals surface area contributed by atoms with Gasteiger partial charge in [-0.25, -0.2) is 4.98 Å². The van der Waals surface area contributed by atoms with Crippen LogP contribution in [0.1, 0.15) is 5.56 Å². The summed E-state index contributed by atoms with van der Waals surface area (Å²) in [6.07, 6.45) is 1.87. The van der Waals surface area contributed by atoms with Gasteiger partial charge < -0.3 is 4.90 Å². The molecule has 0 radical (unpaired) electrons. The summed E-state index contributed by atoms with van der Waals surface area (Å²) < 4.78 is 1.26. The van der Waals surface area contributed by atoms with Gasteiger partial charge in [0.05, 0.1) is 15.7 Å². The molecule has 3 heteroatoms. The molecule has 20 heavy (non-hydrogen) atoms. The predicted molar refractivity (Wildman–Crippen MR) is 90.5 cm³/mol. The second-order valence-electron chi connectivity index (χ2n) is 4.48. The summed E-state index contributed by atoms with van der Waals surface area (Å²) >= 11 is 1.68. The van der Waals surface area contributed by atoms with E-state index in [0.29, 0.717) is 0 Å². The number of nitrogens with zero attached hydrogens (tertiary/aromatic N) is 2. The first-order valence-electron chi connectivity index (χ1n) is 6.39. The molecule has 0 atom stereocenters. The zero-order valence-corrected chi connectivity index (χ0v) is 12.6.